The molecule has 3 N–H and O–H groups in total. The van der Waals surface area contributed by atoms with Crippen LogP contribution in [-0.4, -0.2) is 24.2 Å². The number of benzene rings is 2. The molecule has 4 rings (SSSR count). The molecule has 0 radical (unpaired) electrons. The van der Waals surface area contributed by atoms with Gasteiger partial charge in [-0.05, 0) is 44.4 Å². The molecule has 0 aliphatic carbocycles. The van der Waals surface area contributed by atoms with Crippen molar-refractivity contribution < 1.29 is 14.1 Å². The molecule has 2 unspecified atom stereocenters. The van der Waals surface area contributed by atoms with Crippen LogP contribution in [0.2, 0.25) is 0 Å². The summed E-state index contributed by atoms with van der Waals surface area (Å²) in [7, 11) is 0. The first kappa shape index (κ1) is 18.9. The predicted octanol–water partition coefficient (Wildman–Crippen LogP) is 3.42. The second kappa shape index (κ2) is 8.31. The summed E-state index contributed by atoms with van der Waals surface area (Å²) in [5.74, 6) is -0.347. The Labute approximate surface area is 166 Å². The molecular weight excluding hydrogens is 353 g/mol. The lowest BCUT2D eigenvalue weighted by Gasteiger charge is -2.46. The van der Waals surface area contributed by atoms with Crippen LogP contribution in [-0.2, 0) is 6.54 Å². The largest absolute Gasteiger partial charge is 0.335 e. The van der Waals surface area contributed by atoms with Crippen molar-refractivity contribution in [1.29, 1.82) is 0 Å². The van der Waals surface area contributed by atoms with E-state index in [1.807, 2.05) is 0 Å². The van der Waals surface area contributed by atoms with Crippen molar-refractivity contribution in [3.63, 3.8) is 0 Å². The third-order valence-corrected chi connectivity index (χ3v) is 6.24. The fourth-order valence-electron chi connectivity index (χ4n) is 4.90. The first-order valence-electron chi connectivity index (χ1n) is 10.3. The smallest absolute Gasteiger partial charge is 0.319 e. The number of fused-ring (bicyclic) bond motifs is 2. The number of hydrogen-bond donors (Lipinski definition) is 3. The molecule has 2 bridgehead atoms. The van der Waals surface area contributed by atoms with Crippen LogP contribution < -0.4 is 15.5 Å². The van der Waals surface area contributed by atoms with Gasteiger partial charge in [-0.25, -0.2) is 9.18 Å². The average Bonchev–Trinajstić information content (AvgIpc) is 2.64. The predicted molar refractivity (Wildman–Crippen MR) is 109 cm³/mol. The Morgan fingerprint density at radius 3 is 2.50 bits per heavy atom. The minimum absolute atomic E-state index is 0.186. The molecule has 2 aromatic carbocycles. The molecule has 2 aromatic rings. The van der Waals surface area contributed by atoms with Gasteiger partial charge in [0.1, 0.15) is 12.4 Å². The number of anilines is 1. The molecule has 5 heteroatoms. The lowest BCUT2D eigenvalue weighted by Crippen LogP contribution is -3.20. The zero-order valence-electron chi connectivity index (χ0n) is 16.4. The Kier molecular flexibility index (Phi) is 5.62. The van der Waals surface area contributed by atoms with Crippen molar-refractivity contribution in [2.24, 2.45) is 0 Å². The second-order valence-electron chi connectivity index (χ2n) is 8.34. The standard InChI is InChI=1S/C23H28FN3O/c1-16-8-10-17(11-9-16)15-27-21-6-3-7-22(27)14-20(13-21)26-23(28)25-19-5-2-4-18(24)12-19/h2,4-5,8-12,20-22H,3,6-7,13-15H2,1H3,(H2,25,26,28)/p+1/t20?,21-,22+. The third kappa shape index (κ3) is 4.53. The van der Waals surface area contributed by atoms with Gasteiger partial charge in [0.15, 0.2) is 0 Å². The van der Waals surface area contributed by atoms with Gasteiger partial charge >= 0.3 is 6.03 Å². The number of carbonyl (C=O) groups excluding carboxylic acids is 1. The zero-order chi connectivity index (χ0) is 19.5. The molecule has 2 aliphatic rings. The van der Waals surface area contributed by atoms with E-state index >= 15 is 0 Å². The van der Waals surface area contributed by atoms with Crippen LogP contribution in [0.25, 0.3) is 0 Å². The van der Waals surface area contributed by atoms with Gasteiger partial charge in [-0.1, -0.05) is 35.9 Å². The van der Waals surface area contributed by atoms with Crippen LogP contribution in [0, 0.1) is 12.7 Å². The van der Waals surface area contributed by atoms with Crippen LogP contribution >= 0.6 is 0 Å². The SMILES string of the molecule is Cc1ccc(C[NH+]2[C@@H]3CCC[C@H]2CC(NC(=O)Nc2cccc(F)c2)C3)cc1. The number of quaternary nitrogens is 1. The highest BCUT2D eigenvalue weighted by atomic mass is 19.1. The van der Waals surface area contributed by atoms with Gasteiger partial charge in [-0.3, -0.25) is 0 Å². The lowest BCUT2D eigenvalue weighted by atomic mass is 9.81. The summed E-state index contributed by atoms with van der Waals surface area (Å²) in [4.78, 5) is 14.0. The minimum atomic E-state index is -0.347. The number of piperidine rings is 2. The molecule has 28 heavy (non-hydrogen) atoms. The van der Waals surface area contributed by atoms with E-state index in [0.29, 0.717) is 17.8 Å². The number of carbonyl (C=O) groups is 1. The van der Waals surface area contributed by atoms with Crippen molar-refractivity contribution in [2.75, 3.05) is 5.32 Å². The molecule has 4 atom stereocenters. The monoisotopic (exact) mass is 382 g/mol. The number of urea groups is 1. The highest BCUT2D eigenvalue weighted by Crippen LogP contribution is 2.23. The van der Waals surface area contributed by atoms with Crippen LogP contribution in [0.5, 0.6) is 0 Å². The molecule has 0 saturated carbocycles. The van der Waals surface area contributed by atoms with E-state index in [0.717, 1.165) is 19.4 Å². The Balaban J connectivity index is 1.36. The van der Waals surface area contributed by atoms with Crippen molar-refractivity contribution in [3.8, 4) is 0 Å². The fourth-order valence-corrected chi connectivity index (χ4v) is 4.90. The fraction of sp³-hybridized carbons (Fsp3) is 0.435. The number of nitrogens with one attached hydrogen (secondary N) is 3. The summed E-state index contributed by atoms with van der Waals surface area (Å²) in [5.41, 5.74) is 3.18. The van der Waals surface area contributed by atoms with E-state index < -0.39 is 0 Å². The number of aryl methyl sites for hydroxylation is 1. The van der Waals surface area contributed by atoms with Crippen LogP contribution in [0.1, 0.15) is 43.2 Å². The third-order valence-electron chi connectivity index (χ3n) is 6.24. The summed E-state index contributed by atoms with van der Waals surface area (Å²) in [6.07, 6.45) is 5.75. The highest BCUT2D eigenvalue weighted by Gasteiger charge is 2.42. The van der Waals surface area contributed by atoms with E-state index in [4.69, 9.17) is 0 Å². The first-order chi connectivity index (χ1) is 13.6. The van der Waals surface area contributed by atoms with E-state index in [9.17, 15) is 9.18 Å². The maximum Gasteiger partial charge on any atom is 0.319 e. The van der Waals surface area contributed by atoms with Crippen molar-refractivity contribution in [3.05, 3.63) is 65.5 Å². The van der Waals surface area contributed by atoms with Gasteiger partial charge in [-0.15, -0.1) is 0 Å². The maximum atomic E-state index is 13.3. The molecule has 0 aromatic heterocycles. The van der Waals surface area contributed by atoms with E-state index in [1.54, 1.807) is 17.0 Å². The van der Waals surface area contributed by atoms with Gasteiger partial charge in [0.25, 0.3) is 0 Å². The summed E-state index contributed by atoms with van der Waals surface area (Å²) >= 11 is 0. The van der Waals surface area contributed by atoms with Gasteiger partial charge in [-0.2, -0.15) is 0 Å². The summed E-state index contributed by atoms with van der Waals surface area (Å²) in [6.45, 7) is 3.19. The first-order valence-corrected chi connectivity index (χ1v) is 10.3. The number of rotatable bonds is 4. The van der Waals surface area contributed by atoms with Gasteiger partial charge in [0.2, 0.25) is 0 Å². The van der Waals surface area contributed by atoms with Crippen molar-refractivity contribution in [1.82, 2.24) is 5.32 Å². The van der Waals surface area contributed by atoms with Crippen LogP contribution in [0.4, 0.5) is 14.9 Å². The van der Waals surface area contributed by atoms with E-state index in [1.165, 1.54) is 42.5 Å². The maximum absolute atomic E-state index is 13.3. The molecule has 2 fully saturated rings. The van der Waals surface area contributed by atoms with E-state index in [2.05, 4.69) is 41.8 Å². The molecule has 2 heterocycles. The molecule has 2 saturated heterocycles. The lowest BCUT2D eigenvalue weighted by molar-refractivity contribution is -0.973. The Bertz CT molecular complexity index is 809. The van der Waals surface area contributed by atoms with E-state index in [-0.39, 0.29) is 17.9 Å². The molecular formula is C23H29FN3O+. The van der Waals surface area contributed by atoms with Crippen molar-refractivity contribution in [2.45, 2.75) is 63.7 Å². The summed E-state index contributed by atoms with van der Waals surface area (Å²) in [6, 6.07) is 16.0. The molecule has 2 amide bonds. The van der Waals surface area contributed by atoms with Gasteiger partial charge in [0, 0.05) is 30.1 Å². The molecule has 148 valence electrons. The topological polar surface area (TPSA) is 45.6 Å². The Hall–Kier alpha value is -2.40. The summed E-state index contributed by atoms with van der Waals surface area (Å²) in [5, 5.41) is 5.88. The van der Waals surface area contributed by atoms with Crippen LogP contribution in [0.15, 0.2) is 48.5 Å². The summed E-state index contributed by atoms with van der Waals surface area (Å²) < 4.78 is 13.3. The average molecular weight is 383 g/mol. The number of hydrogen-bond acceptors (Lipinski definition) is 1. The molecule has 2 aliphatic heterocycles. The number of halogens is 1. The Morgan fingerprint density at radius 2 is 1.82 bits per heavy atom. The quantitative estimate of drug-likeness (QED) is 0.745. The highest BCUT2D eigenvalue weighted by molar-refractivity contribution is 5.89. The normalized spacial score (nSPS) is 26.5. The van der Waals surface area contributed by atoms with Crippen molar-refractivity contribution >= 4 is 11.7 Å². The van der Waals surface area contributed by atoms with Gasteiger partial charge < -0.3 is 15.5 Å². The molecule has 0 spiro atoms. The number of amides is 2. The van der Waals surface area contributed by atoms with Gasteiger partial charge in [0.05, 0.1) is 12.1 Å². The van der Waals surface area contributed by atoms with Crippen LogP contribution in [0.3, 0.4) is 0 Å². The molecule has 4 nitrogen and oxygen atoms in total. The Morgan fingerprint density at radius 1 is 1.11 bits per heavy atom. The zero-order valence-corrected chi connectivity index (χ0v) is 16.4. The minimum Gasteiger partial charge on any atom is -0.335 e. The second-order valence-corrected chi connectivity index (χ2v) is 8.34.